The Bertz CT molecular complexity index is 3060. The van der Waals surface area contributed by atoms with Gasteiger partial charge in [0.25, 0.3) is 0 Å². The standard InChI is InChI=1S/C54H36N2O/c1-3-13-37(14-4-1)39-23-29-43(30-24-39)55(44-31-25-40(26-32-44)38-15-5-2-6-16-38)45-33-27-41(28-34-45)42-35-49-48-19-9-12-22-53(48)57-54(49)52(36-42)56-50-20-10-7-17-46(50)47-18-8-11-21-51(47)56/h1-36H. The summed E-state index contributed by atoms with van der Waals surface area (Å²) in [6.45, 7) is 0. The largest absolute Gasteiger partial charge is 0.454 e. The van der Waals surface area contributed by atoms with E-state index in [9.17, 15) is 0 Å². The van der Waals surface area contributed by atoms with Crippen molar-refractivity contribution in [2.45, 2.75) is 0 Å². The van der Waals surface area contributed by atoms with Crippen molar-refractivity contribution in [3.8, 4) is 39.1 Å². The van der Waals surface area contributed by atoms with Crippen LogP contribution in [0.15, 0.2) is 223 Å². The third-order valence-corrected chi connectivity index (χ3v) is 11.2. The fraction of sp³-hybridized carbons (Fsp3) is 0. The van der Waals surface area contributed by atoms with Crippen LogP contribution in [0, 0.1) is 0 Å². The molecule has 2 aromatic heterocycles. The molecule has 11 aromatic rings. The molecule has 0 N–H and O–H groups in total. The summed E-state index contributed by atoms with van der Waals surface area (Å²) in [5, 5.41) is 4.65. The number of fused-ring (bicyclic) bond motifs is 6. The molecule has 0 spiro atoms. The number of hydrogen-bond donors (Lipinski definition) is 0. The number of para-hydroxylation sites is 3. The number of nitrogens with zero attached hydrogens (tertiary/aromatic N) is 2. The van der Waals surface area contributed by atoms with Crippen molar-refractivity contribution < 1.29 is 4.42 Å². The molecule has 0 amide bonds. The lowest BCUT2D eigenvalue weighted by molar-refractivity contribution is 0.666. The van der Waals surface area contributed by atoms with Gasteiger partial charge < -0.3 is 13.9 Å². The van der Waals surface area contributed by atoms with Gasteiger partial charge in [-0.15, -0.1) is 0 Å². The Hall–Kier alpha value is -7.62. The van der Waals surface area contributed by atoms with Gasteiger partial charge in [-0.2, -0.15) is 0 Å². The van der Waals surface area contributed by atoms with Crippen molar-refractivity contribution in [2.75, 3.05) is 4.90 Å². The zero-order valence-corrected chi connectivity index (χ0v) is 31.1. The summed E-state index contributed by atoms with van der Waals surface area (Å²) in [5.41, 5.74) is 15.4. The van der Waals surface area contributed by atoms with Crippen molar-refractivity contribution >= 4 is 60.8 Å². The lowest BCUT2D eigenvalue weighted by Crippen LogP contribution is -2.09. The van der Waals surface area contributed by atoms with Gasteiger partial charge in [0.15, 0.2) is 5.58 Å². The lowest BCUT2D eigenvalue weighted by atomic mass is 10.00. The second-order valence-electron chi connectivity index (χ2n) is 14.5. The molecule has 0 unspecified atom stereocenters. The molecule has 0 aliphatic rings. The number of aromatic nitrogens is 1. The van der Waals surface area contributed by atoms with Crippen LogP contribution >= 0.6 is 0 Å². The van der Waals surface area contributed by atoms with Crippen LogP contribution in [0.1, 0.15) is 0 Å². The maximum absolute atomic E-state index is 6.69. The number of hydrogen-bond acceptors (Lipinski definition) is 2. The summed E-state index contributed by atoms with van der Waals surface area (Å²) >= 11 is 0. The molecule has 0 radical (unpaired) electrons. The summed E-state index contributed by atoms with van der Waals surface area (Å²) < 4.78 is 9.06. The molecule has 0 fully saturated rings. The van der Waals surface area contributed by atoms with Gasteiger partial charge in [0.05, 0.1) is 16.7 Å². The van der Waals surface area contributed by atoms with Gasteiger partial charge in [0.1, 0.15) is 5.58 Å². The minimum Gasteiger partial charge on any atom is -0.454 e. The fourth-order valence-corrected chi connectivity index (χ4v) is 8.44. The molecule has 9 aromatic carbocycles. The summed E-state index contributed by atoms with van der Waals surface area (Å²) in [7, 11) is 0. The van der Waals surface area contributed by atoms with Gasteiger partial charge in [-0.05, 0) is 100 Å². The predicted octanol–water partition coefficient (Wildman–Crippen LogP) is 15.2. The van der Waals surface area contributed by atoms with Crippen molar-refractivity contribution in [1.29, 1.82) is 0 Å². The van der Waals surface area contributed by atoms with Gasteiger partial charge in [-0.3, -0.25) is 0 Å². The fourth-order valence-electron chi connectivity index (χ4n) is 8.44. The average Bonchev–Trinajstić information content (AvgIpc) is 3.84. The highest BCUT2D eigenvalue weighted by molar-refractivity contribution is 6.13. The minimum atomic E-state index is 0.882. The molecule has 3 heteroatoms. The third kappa shape index (κ3) is 5.68. The first-order valence-corrected chi connectivity index (χ1v) is 19.4. The van der Waals surface area contributed by atoms with E-state index in [-0.39, 0.29) is 0 Å². The molecule has 0 aliphatic carbocycles. The van der Waals surface area contributed by atoms with Crippen molar-refractivity contribution in [2.24, 2.45) is 0 Å². The van der Waals surface area contributed by atoms with Gasteiger partial charge >= 0.3 is 0 Å². The quantitative estimate of drug-likeness (QED) is 0.163. The van der Waals surface area contributed by atoms with E-state index in [0.717, 1.165) is 66.8 Å². The maximum atomic E-state index is 6.69. The van der Waals surface area contributed by atoms with E-state index >= 15 is 0 Å². The molecule has 268 valence electrons. The van der Waals surface area contributed by atoms with Crippen molar-refractivity contribution in [3.05, 3.63) is 218 Å². The summed E-state index contributed by atoms with van der Waals surface area (Å²) in [6.07, 6.45) is 0. The zero-order chi connectivity index (χ0) is 37.7. The van der Waals surface area contributed by atoms with Crippen LogP contribution in [0.4, 0.5) is 17.1 Å². The van der Waals surface area contributed by atoms with E-state index in [1.54, 1.807) is 0 Å². The first-order valence-electron chi connectivity index (χ1n) is 19.4. The zero-order valence-electron chi connectivity index (χ0n) is 31.1. The number of benzene rings is 9. The molecule has 11 rings (SSSR count). The molecule has 2 heterocycles. The van der Waals surface area contributed by atoms with Crippen LogP contribution < -0.4 is 4.90 Å². The SMILES string of the molecule is c1ccc(-c2ccc(N(c3ccc(-c4ccccc4)cc3)c3ccc(-c4cc(-n5c6ccccc6c6ccccc65)c5oc6ccccc6c5c4)cc3)cc2)cc1. The van der Waals surface area contributed by atoms with E-state index in [2.05, 4.69) is 222 Å². The normalized spacial score (nSPS) is 11.5. The highest BCUT2D eigenvalue weighted by Gasteiger charge is 2.20. The monoisotopic (exact) mass is 728 g/mol. The first-order chi connectivity index (χ1) is 28.3. The first kappa shape index (κ1) is 32.8. The lowest BCUT2D eigenvalue weighted by Gasteiger charge is -2.26. The number of anilines is 3. The summed E-state index contributed by atoms with van der Waals surface area (Å²) in [5.74, 6) is 0. The Balaban J connectivity index is 1.05. The van der Waals surface area contributed by atoms with E-state index in [4.69, 9.17) is 4.42 Å². The van der Waals surface area contributed by atoms with Crippen LogP contribution in [-0.4, -0.2) is 4.57 Å². The van der Waals surface area contributed by atoms with Crippen molar-refractivity contribution in [1.82, 2.24) is 4.57 Å². The van der Waals surface area contributed by atoms with Gasteiger partial charge in [-0.1, -0.05) is 152 Å². The van der Waals surface area contributed by atoms with Gasteiger partial charge in [0, 0.05) is 38.6 Å². The molecule has 0 saturated heterocycles. The Labute approximate surface area is 330 Å². The van der Waals surface area contributed by atoms with Gasteiger partial charge in [0.2, 0.25) is 0 Å². The van der Waals surface area contributed by atoms with Crippen LogP contribution in [0.25, 0.3) is 82.8 Å². The molecule has 3 nitrogen and oxygen atoms in total. The van der Waals surface area contributed by atoms with E-state index in [0.29, 0.717) is 0 Å². The molecular weight excluding hydrogens is 693 g/mol. The maximum Gasteiger partial charge on any atom is 0.159 e. The van der Waals surface area contributed by atoms with E-state index in [1.165, 1.54) is 33.0 Å². The topological polar surface area (TPSA) is 21.3 Å². The predicted molar refractivity (Wildman–Crippen MR) is 239 cm³/mol. The Morgan fingerprint density at radius 1 is 0.316 bits per heavy atom. The highest BCUT2D eigenvalue weighted by Crippen LogP contribution is 2.42. The molecule has 0 aliphatic heterocycles. The average molecular weight is 729 g/mol. The summed E-state index contributed by atoms with van der Waals surface area (Å²) in [6, 6.07) is 78.0. The molecule has 0 atom stereocenters. The summed E-state index contributed by atoms with van der Waals surface area (Å²) in [4.78, 5) is 2.34. The molecule has 0 saturated carbocycles. The van der Waals surface area contributed by atoms with Crippen LogP contribution in [0.3, 0.4) is 0 Å². The smallest absolute Gasteiger partial charge is 0.159 e. The Kier molecular flexibility index (Phi) is 7.82. The van der Waals surface area contributed by atoms with Crippen LogP contribution in [-0.2, 0) is 0 Å². The second kappa shape index (κ2) is 13.6. The Morgan fingerprint density at radius 3 is 1.23 bits per heavy atom. The second-order valence-corrected chi connectivity index (χ2v) is 14.5. The van der Waals surface area contributed by atoms with Gasteiger partial charge in [-0.25, -0.2) is 0 Å². The minimum absolute atomic E-state index is 0.882. The Morgan fingerprint density at radius 2 is 0.719 bits per heavy atom. The number of rotatable bonds is 7. The molecule has 0 bridgehead atoms. The van der Waals surface area contributed by atoms with E-state index in [1.807, 2.05) is 6.07 Å². The van der Waals surface area contributed by atoms with E-state index < -0.39 is 0 Å². The van der Waals surface area contributed by atoms with Crippen molar-refractivity contribution in [3.63, 3.8) is 0 Å². The molecule has 57 heavy (non-hydrogen) atoms. The molecular formula is C54H36N2O. The number of furan rings is 1. The van der Waals surface area contributed by atoms with Crippen LogP contribution in [0.5, 0.6) is 0 Å². The van der Waals surface area contributed by atoms with Crippen LogP contribution in [0.2, 0.25) is 0 Å². The highest BCUT2D eigenvalue weighted by atomic mass is 16.3. The third-order valence-electron chi connectivity index (χ3n) is 11.2.